The van der Waals surface area contributed by atoms with Crippen LogP contribution in [0.1, 0.15) is 36.5 Å². The van der Waals surface area contributed by atoms with Gasteiger partial charge in [0, 0.05) is 23.4 Å². The monoisotopic (exact) mass is 386 g/mol. The SMILES string of the molecule is C=C(/C(=C\n1nccc1N)c1ccccc1)c1ccc(C2(N)CC(C)(O)C2)cc1. The molecule has 0 spiro atoms. The molecule has 1 aliphatic rings. The Kier molecular flexibility index (Phi) is 4.65. The third kappa shape index (κ3) is 3.75. The minimum Gasteiger partial charge on any atom is -0.390 e. The molecule has 1 aromatic heterocycles. The van der Waals surface area contributed by atoms with Crippen LogP contribution >= 0.6 is 0 Å². The van der Waals surface area contributed by atoms with E-state index >= 15 is 0 Å². The van der Waals surface area contributed by atoms with Gasteiger partial charge in [-0.1, -0.05) is 61.2 Å². The quantitative estimate of drug-likeness (QED) is 0.581. The van der Waals surface area contributed by atoms with Crippen LogP contribution in [0.4, 0.5) is 5.82 Å². The summed E-state index contributed by atoms with van der Waals surface area (Å²) in [6.45, 7) is 6.17. The van der Waals surface area contributed by atoms with Crippen LogP contribution in [0, 0.1) is 0 Å². The highest BCUT2D eigenvalue weighted by Gasteiger charge is 2.49. The largest absolute Gasteiger partial charge is 0.390 e. The number of rotatable bonds is 5. The Morgan fingerprint density at radius 1 is 1.07 bits per heavy atom. The zero-order valence-electron chi connectivity index (χ0n) is 16.5. The first-order valence-electron chi connectivity index (χ1n) is 9.65. The highest BCUT2D eigenvalue weighted by molar-refractivity contribution is 6.08. The van der Waals surface area contributed by atoms with Gasteiger partial charge >= 0.3 is 0 Å². The van der Waals surface area contributed by atoms with Crippen molar-refractivity contribution in [1.82, 2.24) is 9.78 Å². The Balaban J connectivity index is 1.67. The summed E-state index contributed by atoms with van der Waals surface area (Å²) in [4.78, 5) is 0. The molecule has 1 aliphatic carbocycles. The van der Waals surface area contributed by atoms with Gasteiger partial charge in [-0.05, 0) is 42.0 Å². The van der Waals surface area contributed by atoms with Crippen LogP contribution in [0.25, 0.3) is 17.3 Å². The summed E-state index contributed by atoms with van der Waals surface area (Å²) in [6, 6.07) is 19.9. The standard InChI is InChI=1S/C24H26N4O/c1-17(18-8-10-20(11-9-18)24(26)15-23(2,29)16-24)21(19-6-4-3-5-7-19)14-28-22(25)12-13-27-28/h3-14,29H,1,15-16,25-26H2,2H3/b21-14+. The zero-order chi connectivity index (χ0) is 20.6. The Hall–Kier alpha value is -3.15. The van der Waals surface area contributed by atoms with E-state index in [9.17, 15) is 5.11 Å². The number of nitrogens with zero attached hydrogens (tertiary/aromatic N) is 2. The van der Waals surface area contributed by atoms with Gasteiger partial charge < -0.3 is 16.6 Å². The number of hydrogen-bond acceptors (Lipinski definition) is 4. The Morgan fingerprint density at radius 2 is 1.72 bits per heavy atom. The molecule has 1 saturated carbocycles. The van der Waals surface area contributed by atoms with Gasteiger partial charge in [-0.3, -0.25) is 0 Å². The number of anilines is 1. The molecule has 1 heterocycles. The van der Waals surface area contributed by atoms with Crippen molar-refractivity contribution in [2.45, 2.75) is 30.9 Å². The normalized spacial score (nSPS) is 24.2. The molecule has 5 nitrogen and oxygen atoms in total. The molecular formula is C24H26N4O. The summed E-state index contributed by atoms with van der Waals surface area (Å²) in [6.07, 6.45) is 4.69. The van der Waals surface area contributed by atoms with Crippen LogP contribution in [0.15, 0.2) is 73.4 Å². The van der Waals surface area contributed by atoms with E-state index in [1.165, 1.54) is 0 Å². The average Bonchev–Trinajstić information content (AvgIpc) is 3.09. The van der Waals surface area contributed by atoms with Crippen molar-refractivity contribution in [3.8, 4) is 0 Å². The second-order valence-corrected chi connectivity index (χ2v) is 8.17. The number of nitrogen functional groups attached to an aromatic ring is 1. The third-order valence-corrected chi connectivity index (χ3v) is 5.56. The van der Waals surface area contributed by atoms with Gasteiger partial charge in [0.15, 0.2) is 0 Å². The van der Waals surface area contributed by atoms with Crippen molar-refractivity contribution in [1.29, 1.82) is 0 Å². The van der Waals surface area contributed by atoms with Gasteiger partial charge in [0.2, 0.25) is 0 Å². The number of hydrogen-bond donors (Lipinski definition) is 3. The van der Waals surface area contributed by atoms with E-state index in [0.717, 1.165) is 27.8 Å². The fraction of sp³-hybridized carbons (Fsp3) is 0.208. The predicted molar refractivity (Wildman–Crippen MR) is 118 cm³/mol. The molecule has 0 aliphatic heterocycles. The van der Waals surface area contributed by atoms with Gasteiger partial charge in [-0.25, -0.2) is 4.68 Å². The summed E-state index contributed by atoms with van der Waals surface area (Å²) in [5, 5.41) is 14.3. The van der Waals surface area contributed by atoms with Crippen molar-refractivity contribution in [2.24, 2.45) is 5.73 Å². The van der Waals surface area contributed by atoms with E-state index in [1.54, 1.807) is 16.9 Å². The fourth-order valence-electron chi connectivity index (χ4n) is 4.17. The molecule has 29 heavy (non-hydrogen) atoms. The van der Waals surface area contributed by atoms with Crippen LogP contribution in [0.5, 0.6) is 0 Å². The maximum Gasteiger partial charge on any atom is 0.126 e. The molecule has 0 radical (unpaired) electrons. The van der Waals surface area contributed by atoms with Crippen LogP contribution in [-0.2, 0) is 5.54 Å². The van der Waals surface area contributed by atoms with Gasteiger partial charge in [-0.2, -0.15) is 5.10 Å². The number of allylic oxidation sites excluding steroid dienone is 2. The lowest BCUT2D eigenvalue weighted by atomic mass is 9.63. The highest BCUT2D eigenvalue weighted by atomic mass is 16.3. The number of aliphatic hydroxyl groups is 1. The summed E-state index contributed by atoms with van der Waals surface area (Å²) in [5.74, 6) is 0.559. The lowest BCUT2D eigenvalue weighted by Gasteiger charge is -2.49. The van der Waals surface area contributed by atoms with E-state index < -0.39 is 11.1 Å². The minimum absolute atomic E-state index is 0.467. The van der Waals surface area contributed by atoms with E-state index in [0.29, 0.717) is 18.7 Å². The van der Waals surface area contributed by atoms with E-state index in [4.69, 9.17) is 11.5 Å². The first kappa shape index (κ1) is 19.2. The van der Waals surface area contributed by atoms with Gasteiger partial charge in [0.05, 0.1) is 11.8 Å². The number of nitrogens with two attached hydrogens (primary N) is 2. The second-order valence-electron chi connectivity index (χ2n) is 8.17. The van der Waals surface area contributed by atoms with Gasteiger partial charge in [0.25, 0.3) is 0 Å². The topological polar surface area (TPSA) is 90.1 Å². The second kappa shape index (κ2) is 7.03. The van der Waals surface area contributed by atoms with Gasteiger partial charge in [-0.15, -0.1) is 0 Å². The lowest BCUT2D eigenvalue weighted by molar-refractivity contribution is -0.0738. The molecule has 4 rings (SSSR count). The zero-order valence-corrected chi connectivity index (χ0v) is 16.5. The minimum atomic E-state index is -0.677. The molecule has 1 fully saturated rings. The Morgan fingerprint density at radius 3 is 2.28 bits per heavy atom. The van der Waals surface area contributed by atoms with Crippen molar-refractivity contribution in [2.75, 3.05) is 5.73 Å². The molecule has 5 N–H and O–H groups in total. The first-order chi connectivity index (χ1) is 13.8. The van der Waals surface area contributed by atoms with Crippen LogP contribution < -0.4 is 11.5 Å². The average molecular weight is 386 g/mol. The van der Waals surface area contributed by atoms with E-state index in [2.05, 4.69) is 11.7 Å². The summed E-state index contributed by atoms with van der Waals surface area (Å²) >= 11 is 0. The van der Waals surface area contributed by atoms with Crippen molar-refractivity contribution < 1.29 is 5.11 Å². The van der Waals surface area contributed by atoms with Crippen LogP contribution in [0.2, 0.25) is 0 Å². The third-order valence-electron chi connectivity index (χ3n) is 5.56. The molecular weight excluding hydrogens is 360 g/mol. The maximum absolute atomic E-state index is 10.1. The molecule has 0 saturated heterocycles. The molecule has 0 unspecified atom stereocenters. The molecule has 0 bridgehead atoms. The summed E-state index contributed by atoms with van der Waals surface area (Å²) in [5.41, 5.74) is 16.2. The summed E-state index contributed by atoms with van der Waals surface area (Å²) in [7, 11) is 0. The van der Waals surface area contributed by atoms with Crippen molar-refractivity contribution in [3.63, 3.8) is 0 Å². The first-order valence-corrected chi connectivity index (χ1v) is 9.65. The molecule has 0 amide bonds. The fourth-order valence-corrected chi connectivity index (χ4v) is 4.17. The Labute approximate surface area is 171 Å². The van der Waals surface area contributed by atoms with Gasteiger partial charge in [0.1, 0.15) is 5.82 Å². The molecule has 5 heteroatoms. The van der Waals surface area contributed by atoms with Crippen molar-refractivity contribution >= 4 is 23.2 Å². The summed E-state index contributed by atoms with van der Waals surface area (Å²) < 4.78 is 1.65. The van der Waals surface area contributed by atoms with E-state index in [1.807, 2.05) is 67.7 Å². The Bertz CT molecular complexity index is 1050. The van der Waals surface area contributed by atoms with Crippen LogP contribution in [0.3, 0.4) is 0 Å². The molecule has 3 aromatic rings. The maximum atomic E-state index is 10.1. The predicted octanol–water partition coefficient (Wildman–Crippen LogP) is 3.88. The lowest BCUT2D eigenvalue weighted by Crippen LogP contribution is -2.58. The molecule has 2 aromatic carbocycles. The number of aromatic nitrogens is 2. The highest BCUT2D eigenvalue weighted by Crippen LogP contribution is 2.46. The smallest absolute Gasteiger partial charge is 0.126 e. The molecule has 148 valence electrons. The molecule has 0 atom stereocenters. The van der Waals surface area contributed by atoms with E-state index in [-0.39, 0.29) is 0 Å². The number of benzene rings is 2. The van der Waals surface area contributed by atoms with Crippen molar-refractivity contribution in [3.05, 3.63) is 90.1 Å². The van der Waals surface area contributed by atoms with Crippen LogP contribution in [-0.4, -0.2) is 20.5 Å².